The molecule has 80 valence electrons. The highest BCUT2D eigenvalue weighted by Crippen LogP contribution is 2.18. The minimum atomic E-state index is 0. The molecule has 2 heterocycles. The van der Waals surface area contributed by atoms with Crippen LogP contribution in [0.25, 0.3) is 0 Å². The number of hydrogen-bond donors (Lipinski definition) is 1. The van der Waals surface area contributed by atoms with E-state index in [2.05, 4.69) is 34.9 Å². The van der Waals surface area contributed by atoms with Crippen molar-refractivity contribution in [3.63, 3.8) is 0 Å². The molecule has 1 aromatic rings. The van der Waals surface area contributed by atoms with Crippen molar-refractivity contribution < 1.29 is 0 Å². The first-order valence-corrected chi connectivity index (χ1v) is 5.08. The topological polar surface area (TPSA) is 29.9 Å². The second kappa shape index (κ2) is 4.80. The smallest absolute Gasteiger partial charge is 0.123 e. The molecule has 0 spiro atoms. The molecule has 1 atom stereocenters. The maximum absolute atomic E-state index is 4.62. The second-order valence-electron chi connectivity index (χ2n) is 3.76. The molecular formula is C10H18ClN3. The minimum absolute atomic E-state index is 0. The van der Waals surface area contributed by atoms with Gasteiger partial charge in [-0.1, -0.05) is 13.8 Å². The maximum Gasteiger partial charge on any atom is 0.123 e. The third-order valence-electron chi connectivity index (χ3n) is 2.81. The largest absolute Gasteiger partial charge is 0.332 e. The number of halogens is 1. The summed E-state index contributed by atoms with van der Waals surface area (Å²) in [7, 11) is 0. The van der Waals surface area contributed by atoms with Crippen LogP contribution in [0.3, 0.4) is 0 Å². The number of fused-ring (bicyclic) bond motifs is 1. The van der Waals surface area contributed by atoms with Crippen LogP contribution in [-0.2, 0) is 13.1 Å². The Morgan fingerprint density at radius 1 is 1.64 bits per heavy atom. The lowest BCUT2D eigenvalue weighted by Crippen LogP contribution is -2.27. The summed E-state index contributed by atoms with van der Waals surface area (Å²) in [5.41, 5.74) is 1.25. The Morgan fingerprint density at radius 2 is 2.43 bits per heavy atom. The van der Waals surface area contributed by atoms with Crippen molar-refractivity contribution >= 4 is 12.4 Å². The summed E-state index contributed by atoms with van der Waals surface area (Å²) >= 11 is 0. The molecule has 0 saturated carbocycles. The van der Waals surface area contributed by atoms with Gasteiger partial charge in [-0.15, -0.1) is 12.4 Å². The van der Waals surface area contributed by atoms with E-state index in [0.717, 1.165) is 19.6 Å². The Hall–Kier alpha value is -0.540. The van der Waals surface area contributed by atoms with Crippen molar-refractivity contribution in [2.75, 3.05) is 6.54 Å². The Kier molecular flexibility index (Phi) is 3.96. The normalized spacial score (nSPS) is 17.0. The highest BCUT2D eigenvalue weighted by atomic mass is 35.5. The Morgan fingerprint density at radius 3 is 3.07 bits per heavy atom. The summed E-state index contributed by atoms with van der Waals surface area (Å²) < 4.78 is 2.28. The van der Waals surface area contributed by atoms with Crippen LogP contribution in [0.5, 0.6) is 0 Å². The molecule has 0 bridgehead atoms. The van der Waals surface area contributed by atoms with Gasteiger partial charge in [0.15, 0.2) is 0 Å². The summed E-state index contributed by atoms with van der Waals surface area (Å²) in [6.07, 6.45) is 3.38. The Balaban J connectivity index is 0.000000980. The van der Waals surface area contributed by atoms with E-state index < -0.39 is 0 Å². The maximum atomic E-state index is 4.62. The zero-order chi connectivity index (χ0) is 9.26. The Labute approximate surface area is 91.3 Å². The fourth-order valence-corrected chi connectivity index (χ4v) is 1.66. The van der Waals surface area contributed by atoms with Gasteiger partial charge in [0.25, 0.3) is 0 Å². The van der Waals surface area contributed by atoms with E-state index in [4.69, 9.17) is 0 Å². The van der Waals surface area contributed by atoms with Crippen LogP contribution in [0.4, 0.5) is 0 Å². The van der Waals surface area contributed by atoms with Gasteiger partial charge < -0.3 is 9.88 Å². The molecule has 2 rings (SSSR count). The van der Waals surface area contributed by atoms with Crippen molar-refractivity contribution in [2.24, 2.45) is 0 Å². The van der Waals surface area contributed by atoms with Gasteiger partial charge in [0.05, 0.1) is 12.2 Å². The first-order valence-electron chi connectivity index (χ1n) is 5.08. The van der Waals surface area contributed by atoms with Crippen LogP contribution in [0.2, 0.25) is 0 Å². The van der Waals surface area contributed by atoms with Crippen LogP contribution in [0.1, 0.15) is 37.7 Å². The molecule has 3 nitrogen and oxygen atoms in total. The van der Waals surface area contributed by atoms with E-state index in [9.17, 15) is 0 Å². The summed E-state index contributed by atoms with van der Waals surface area (Å²) in [6, 6.07) is 0. The number of nitrogens with one attached hydrogen (secondary N) is 1. The van der Waals surface area contributed by atoms with Gasteiger partial charge in [-0.3, -0.25) is 0 Å². The summed E-state index contributed by atoms with van der Waals surface area (Å²) in [6.45, 7) is 7.52. The average molecular weight is 216 g/mol. The van der Waals surface area contributed by atoms with Crippen molar-refractivity contribution in [3.8, 4) is 0 Å². The van der Waals surface area contributed by atoms with E-state index in [0.29, 0.717) is 5.92 Å². The molecule has 1 aliphatic heterocycles. The molecule has 0 saturated heterocycles. The second-order valence-corrected chi connectivity index (χ2v) is 3.76. The minimum Gasteiger partial charge on any atom is -0.332 e. The molecule has 1 aliphatic rings. The number of rotatable bonds is 2. The van der Waals surface area contributed by atoms with E-state index in [1.807, 2.05) is 0 Å². The SMILES string of the molecule is CCC(C)c1cn2c(n1)CNCC2.Cl. The third kappa shape index (κ3) is 2.10. The number of hydrogen-bond acceptors (Lipinski definition) is 2. The standard InChI is InChI=1S/C10H17N3.ClH/c1-3-8(2)9-7-13-5-4-11-6-10(13)12-9;/h7-8,11H,3-6H2,1-2H3;1H. The molecule has 1 unspecified atom stereocenters. The summed E-state index contributed by atoms with van der Waals surface area (Å²) in [5.74, 6) is 1.79. The van der Waals surface area contributed by atoms with Crippen molar-refractivity contribution in [3.05, 3.63) is 17.7 Å². The fourth-order valence-electron chi connectivity index (χ4n) is 1.66. The predicted molar refractivity (Wildman–Crippen MR) is 59.9 cm³/mol. The van der Waals surface area contributed by atoms with E-state index in [1.165, 1.54) is 17.9 Å². The molecule has 1 aromatic heterocycles. The van der Waals surface area contributed by atoms with E-state index in [-0.39, 0.29) is 12.4 Å². The quantitative estimate of drug-likeness (QED) is 0.817. The van der Waals surface area contributed by atoms with Crippen molar-refractivity contribution in [1.29, 1.82) is 0 Å². The molecule has 0 amide bonds. The zero-order valence-electron chi connectivity index (χ0n) is 8.79. The van der Waals surface area contributed by atoms with E-state index in [1.54, 1.807) is 0 Å². The monoisotopic (exact) mass is 215 g/mol. The predicted octanol–water partition coefficient (Wildman–Crippen LogP) is 1.92. The van der Waals surface area contributed by atoms with Crippen molar-refractivity contribution in [1.82, 2.24) is 14.9 Å². The van der Waals surface area contributed by atoms with Crippen molar-refractivity contribution in [2.45, 2.75) is 39.3 Å². The molecule has 0 aromatic carbocycles. The lowest BCUT2D eigenvalue weighted by atomic mass is 10.1. The molecule has 14 heavy (non-hydrogen) atoms. The van der Waals surface area contributed by atoms with Crippen LogP contribution < -0.4 is 5.32 Å². The fraction of sp³-hybridized carbons (Fsp3) is 0.700. The van der Waals surface area contributed by atoms with Gasteiger partial charge in [-0.05, 0) is 12.3 Å². The highest BCUT2D eigenvalue weighted by Gasteiger charge is 2.14. The van der Waals surface area contributed by atoms with Crippen LogP contribution >= 0.6 is 12.4 Å². The zero-order valence-corrected chi connectivity index (χ0v) is 9.60. The molecule has 0 aliphatic carbocycles. The summed E-state index contributed by atoms with van der Waals surface area (Å²) in [5, 5.41) is 3.33. The van der Waals surface area contributed by atoms with Crippen LogP contribution in [0, 0.1) is 0 Å². The third-order valence-corrected chi connectivity index (χ3v) is 2.81. The van der Waals surface area contributed by atoms with E-state index >= 15 is 0 Å². The lowest BCUT2D eigenvalue weighted by molar-refractivity contribution is 0.505. The Bertz CT molecular complexity index is 272. The average Bonchev–Trinajstić information content (AvgIpc) is 2.59. The number of nitrogens with zero attached hydrogens (tertiary/aromatic N) is 2. The first kappa shape index (κ1) is 11.5. The lowest BCUT2D eigenvalue weighted by Gasteiger charge is -2.13. The van der Waals surface area contributed by atoms with Crippen LogP contribution in [0.15, 0.2) is 6.20 Å². The van der Waals surface area contributed by atoms with Gasteiger partial charge in [0.2, 0.25) is 0 Å². The molecule has 0 radical (unpaired) electrons. The number of aromatic nitrogens is 2. The molecular weight excluding hydrogens is 198 g/mol. The highest BCUT2D eigenvalue weighted by molar-refractivity contribution is 5.85. The van der Waals surface area contributed by atoms with Crippen LogP contribution in [-0.4, -0.2) is 16.1 Å². The van der Waals surface area contributed by atoms with Gasteiger partial charge in [0.1, 0.15) is 5.82 Å². The first-order chi connectivity index (χ1) is 6.31. The molecule has 0 fully saturated rings. The van der Waals surface area contributed by atoms with Gasteiger partial charge in [-0.2, -0.15) is 0 Å². The summed E-state index contributed by atoms with van der Waals surface area (Å²) in [4.78, 5) is 4.62. The van der Waals surface area contributed by atoms with Gasteiger partial charge in [-0.25, -0.2) is 4.98 Å². The molecule has 4 heteroatoms. The number of imidazole rings is 1. The molecule has 1 N–H and O–H groups in total. The van der Waals surface area contributed by atoms with Gasteiger partial charge >= 0.3 is 0 Å². The van der Waals surface area contributed by atoms with Gasteiger partial charge in [0, 0.05) is 19.3 Å².